The predicted molar refractivity (Wildman–Crippen MR) is 81.6 cm³/mol. The Morgan fingerprint density at radius 3 is 2.43 bits per heavy atom. The fourth-order valence-electron chi connectivity index (χ4n) is 6.86. The van der Waals surface area contributed by atoms with Crippen LogP contribution in [0.4, 0.5) is 0 Å². The Balaban J connectivity index is 2.03. The van der Waals surface area contributed by atoms with E-state index in [4.69, 9.17) is 4.74 Å². The highest BCUT2D eigenvalue weighted by molar-refractivity contribution is 5.66. The van der Waals surface area contributed by atoms with Crippen LogP contribution in [0.25, 0.3) is 0 Å². The molecule has 0 heterocycles. The van der Waals surface area contributed by atoms with Crippen molar-refractivity contribution in [2.24, 2.45) is 28.1 Å². The zero-order valence-electron chi connectivity index (χ0n) is 14.1. The minimum absolute atomic E-state index is 0.113. The zero-order valence-corrected chi connectivity index (χ0v) is 14.1. The van der Waals surface area contributed by atoms with Gasteiger partial charge in [0.05, 0.1) is 6.10 Å². The molecule has 0 aromatic rings. The van der Waals surface area contributed by atoms with Crippen LogP contribution < -0.4 is 0 Å². The van der Waals surface area contributed by atoms with Gasteiger partial charge in [-0.15, -0.1) is 0 Å². The van der Waals surface area contributed by atoms with E-state index in [9.17, 15) is 9.90 Å². The maximum Gasteiger partial charge on any atom is 0.302 e. The molecular formula is C18H30O3. The molecule has 0 aromatic heterocycles. The first-order valence-corrected chi connectivity index (χ1v) is 8.54. The second-order valence-corrected chi connectivity index (χ2v) is 8.53. The number of esters is 1. The molecule has 1 spiro atoms. The van der Waals surface area contributed by atoms with Crippen LogP contribution in [0.1, 0.15) is 66.7 Å². The molecule has 3 heteroatoms. The fourth-order valence-corrected chi connectivity index (χ4v) is 6.86. The van der Waals surface area contributed by atoms with E-state index >= 15 is 0 Å². The van der Waals surface area contributed by atoms with Crippen LogP contribution in [-0.4, -0.2) is 23.3 Å². The fraction of sp³-hybridized carbons (Fsp3) is 0.944. The van der Waals surface area contributed by atoms with Crippen LogP contribution in [0.5, 0.6) is 0 Å². The average molecular weight is 294 g/mol. The molecule has 0 saturated heterocycles. The number of aliphatic hydroxyl groups excluding tert-OH is 1. The van der Waals surface area contributed by atoms with Gasteiger partial charge in [0, 0.05) is 12.3 Å². The third-order valence-corrected chi connectivity index (χ3v) is 7.75. The number of hydrogen-bond donors (Lipinski definition) is 1. The van der Waals surface area contributed by atoms with Gasteiger partial charge in [-0.25, -0.2) is 0 Å². The Morgan fingerprint density at radius 1 is 1.24 bits per heavy atom. The SMILES string of the molecule is CC(=O)O[C@@H]1CC[C@]23CC[C@H](C(C)C)[C@@]2(C)C[C@H](O)[C@]13C. The zero-order chi connectivity index (χ0) is 15.6. The Kier molecular flexibility index (Phi) is 3.26. The van der Waals surface area contributed by atoms with Crippen molar-refractivity contribution >= 4 is 5.97 Å². The average Bonchev–Trinajstić information content (AvgIpc) is 2.86. The summed E-state index contributed by atoms with van der Waals surface area (Å²) in [6.45, 7) is 10.7. The first kappa shape index (κ1) is 15.3. The Bertz CT molecular complexity index is 459. The van der Waals surface area contributed by atoms with Crippen molar-refractivity contribution in [2.45, 2.75) is 78.9 Å². The molecule has 0 unspecified atom stereocenters. The Labute approximate surface area is 128 Å². The summed E-state index contributed by atoms with van der Waals surface area (Å²) >= 11 is 0. The van der Waals surface area contributed by atoms with Crippen LogP contribution in [0.15, 0.2) is 0 Å². The van der Waals surface area contributed by atoms with E-state index in [0.29, 0.717) is 11.8 Å². The molecule has 21 heavy (non-hydrogen) atoms. The van der Waals surface area contributed by atoms with Crippen molar-refractivity contribution in [3.05, 3.63) is 0 Å². The van der Waals surface area contributed by atoms with Crippen LogP contribution in [0.2, 0.25) is 0 Å². The van der Waals surface area contributed by atoms with Crippen LogP contribution in [0, 0.1) is 28.1 Å². The Hall–Kier alpha value is -0.570. The standard InChI is InChI=1S/C18H30O3/c1-11(2)13-6-8-18-9-7-15(21-12(3)19)17(18,5)14(20)10-16(13,18)4/h11,13-15,20H,6-10H2,1-5H3/t13-,14+,15-,16-,17-,18-/m1/s1. The summed E-state index contributed by atoms with van der Waals surface area (Å²) in [6.07, 6.45) is 4.84. The number of carbonyl (C=O) groups is 1. The summed E-state index contributed by atoms with van der Waals surface area (Å²) in [4.78, 5) is 11.5. The summed E-state index contributed by atoms with van der Waals surface area (Å²) in [5, 5.41) is 10.9. The number of carbonyl (C=O) groups excluding carboxylic acids is 1. The van der Waals surface area contributed by atoms with Gasteiger partial charge in [0.15, 0.2) is 0 Å². The summed E-state index contributed by atoms with van der Waals surface area (Å²) in [6, 6.07) is 0. The van der Waals surface area contributed by atoms with Crippen molar-refractivity contribution in [2.75, 3.05) is 0 Å². The van der Waals surface area contributed by atoms with Gasteiger partial charge >= 0.3 is 5.97 Å². The molecule has 1 N–H and O–H groups in total. The van der Waals surface area contributed by atoms with E-state index in [-0.39, 0.29) is 34.4 Å². The smallest absolute Gasteiger partial charge is 0.302 e. The molecule has 0 bridgehead atoms. The Morgan fingerprint density at radius 2 is 1.86 bits per heavy atom. The molecule has 3 aliphatic carbocycles. The number of hydrogen-bond acceptors (Lipinski definition) is 3. The first-order valence-electron chi connectivity index (χ1n) is 8.54. The van der Waals surface area contributed by atoms with Gasteiger partial charge in [0.2, 0.25) is 0 Å². The van der Waals surface area contributed by atoms with Gasteiger partial charge in [0.25, 0.3) is 0 Å². The monoisotopic (exact) mass is 294 g/mol. The normalized spacial score (nSPS) is 52.0. The minimum atomic E-state index is -0.351. The lowest BCUT2D eigenvalue weighted by molar-refractivity contribution is -0.160. The van der Waals surface area contributed by atoms with Crippen LogP contribution in [0.3, 0.4) is 0 Å². The van der Waals surface area contributed by atoms with Crippen molar-refractivity contribution in [1.82, 2.24) is 0 Å². The summed E-state index contributed by atoms with van der Waals surface area (Å²) in [5.41, 5.74) is 0.0652. The molecular weight excluding hydrogens is 264 g/mol. The maximum absolute atomic E-state index is 11.5. The molecule has 0 aromatic carbocycles. The minimum Gasteiger partial charge on any atom is -0.462 e. The second-order valence-electron chi connectivity index (χ2n) is 8.53. The van der Waals surface area contributed by atoms with E-state index in [1.807, 2.05) is 0 Å². The summed E-state index contributed by atoms with van der Waals surface area (Å²) < 4.78 is 5.64. The number of ether oxygens (including phenoxy) is 1. The molecule has 120 valence electrons. The molecule has 6 atom stereocenters. The predicted octanol–water partition coefficient (Wildman–Crippen LogP) is 3.54. The van der Waals surface area contributed by atoms with Crippen molar-refractivity contribution in [3.8, 4) is 0 Å². The third kappa shape index (κ3) is 1.62. The molecule has 3 saturated carbocycles. The third-order valence-electron chi connectivity index (χ3n) is 7.75. The van der Waals surface area contributed by atoms with Crippen LogP contribution >= 0.6 is 0 Å². The topological polar surface area (TPSA) is 46.5 Å². The van der Waals surface area contributed by atoms with Gasteiger partial charge in [-0.3, -0.25) is 4.79 Å². The lowest BCUT2D eigenvalue weighted by Crippen LogP contribution is -2.48. The molecule has 3 fully saturated rings. The lowest BCUT2D eigenvalue weighted by Gasteiger charge is -2.47. The highest BCUT2D eigenvalue weighted by Gasteiger charge is 2.76. The van der Waals surface area contributed by atoms with Crippen LogP contribution in [-0.2, 0) is 9.53 Å². The van der Waals surface area contributed by atoms with Crippen molar-refractivity contribution < 1.29 is 14.6 Å². The lowest BCUT2D eigenvalue weighted by atomic mass is 9.57. The second kappa shape index (κ2) is 4.47. The highest BCUT2D eigenvalue weighted by atomic mass is 16.5. The molecule has 3 aliphatic rings. The van der Waals surface area contributed by atoms with E-state index in [1.54, 1.807) is 0 Å². The van der Waals surface area contributed by atoms with Crippen molar-refractivity contribution in [3.63, 3.8) is 0 Å². The van der Waals surface area contributed by atoms with Crippen molar-refractivity contribution in [1.29, 1.82) is 0 Å². The first-order chi connectivity index (χ1) is 9.69. The van der Waals surface area contributed by atoms with E-state index < -0.39 is 0 Å². The van der Waals surface area contributed by atoms with Gasteiger partial charge in [-0.1, -0.05) is 27.7 Å². The molecule has 0 amide bonds. The quantitative estimate of drug-likeness (QED) is 0.792. The van der Waals surface area contributed by atoms with Gasteiger partial charge in [0.1, 0.15) is 6.10 Å². The van der Waals surface area contributed by atoms with E-state index in [0.717, 1.165) is 19.3 Å². The highest BCUT2D eigenvalue weighted by Crippen LogP contribution is 2.78. The number of aliphatic hydroxyl groups is 1. The summed E-state index contributed by atoms with van der Waals surface area (Å²) in [7, 11) is 0. The van der Waals surface area contributed by atoms with Gasteiger partial charge in [-0.05, 0) is 54.8 Å². The van der Waals surface area contributed by atoms with Gasteiger partial charge < -0.3 is 9.84 Å². The molecule has 0 aliphatic heterocycles. The van der Waals surface area contributed by atoms with Gasteiger partial charge in [-0.2, -0.15) is 0 Å². The summed E-state index contributed by atoms with van der Waals surface area (Å²) in [5.74, 6) is 1.11. The molecule has 3 rings (SSSR count). The van der Waals surface area contributed by atoms with E-state index in [1.165, 1.54) is 19.8 Å². The molecule has 0 radical (unpaired) electrons. The maximum atomic E-state index is 11.5. The molecule has 3 nitrogen and oxygen atoms in total. The van der Waals surface area contributed by atoms with E-state index in [2.05, 4.69) is 27.7 Å². The largest absolute Gasteiger partial charge is 0.462 e. The number of rotatable bonds is 2.